The van der Waals surface area contributed by atoms with Gasteiger partial charge in [-0.15, -0.1) is 0 Å². The van der Waals surface area contributed by atoms with Gasteiger partial charge in [0, 0.05) is 43.7 Å². The minimum absolute atomic E-state index is 0.121. The van der Waals surface area contributed by atoms with E-state index in [0.29, 0.717) is 23.6 Å². The molecule has 2 aromatic carbocycles. The molecule has 1 N–H and O–H groups in total. The highest BCUT2D eigenvalue weighted by Gasteiger charge is 2.21. The Kier molecular flexibility index (Phi) is 5.49. The molecule has 186 valence electrons. The average Bonchev–Trinajstić information content (AvgIpc) is 3.34. The third-order valence-corrected chi connectivity index (χ3v) is 7.58. The molecule has 37 heavy (non-hydrogen) atoms. The van der Waals surface area contributed by atoms with Gasteiger partial charge < -0.3 is 9.64 Å². The van der Waals surface area contributed by atoms with E-state index in [0.717, 1.165) is 40.1 Å². The van der Waals surface area contributed by atoms with Crippen molar-refractivity contribution in [3.05, 3.63) is 73.4 Å². The Hall–Kier alpha value is -4.51. The summed E-state index contributed by atoms with van der Waals surface area (Å²) in [5.74, 6) is 0.548. The van der Waals surface area contributed by atoms with Crippen LogP contribution in [0.1, 0.15) is 0 Å². The van der Waals surface area contributed by atoms with Crippen molar-refractivity contribution in [2.75, 3.05) is 29.8 Å². The normalized spacial score (nSPS) is 13.3. The van der Waals surface area contributed by atoms with Gasteiger partial charge in [0.05, 0.1) is 58.1 Å². The number of aryl methyl sites for hydroxylation is 1. The molecule has 6 rings (SSSR count). The molecule has 0 bridgehead atoms. The zero-order valence-electron chi connectivity index (χ0n) is 20.2. The van der Waals surface area contributed by atoms with E-state index in [1.54, 1.807) is 47.5 Å². The second kappa shape index (κ2) is 8.86. The summed E-state index contributed by atoms with van der Waals surface area (Å²) in [6.07, 6.45) is 8.50. The third-order valence-electron chi connectivity index (χ3n) is 6.20. The number of anilines is 2. The largest absolute Gasteiger partial charge is 0.490 e. The SMILES string of the molecule is CN1CCOc2cc(S(=O)(=O)Nc3cncc(-c4ccc5ncc(-c6cnn(C)c6)nc5c4)c3)ccc21. The molecule has 1 aliphatic heterocycles. The summed E-state index contributed by atoms with van der Waals surface area (Å²) in [6, 6.07) is 12.3. The monoisotopic (exact) mass is 513 g/mol. The molecule has 0 aliphatic carbocycles. The summed E-state index contributed by atoms with van der Waals surface area (Å²) in [5.41, 5.74) is 5.85. The lowest BCUT2D eigenvalue weighted by Crippen LogP contribution is -2.29. The number of likely N-dealkylation sites (N-methyl/N-ethyl adjacent to an activating group) is 1. The van der Waals surface area contributed by atoms with Gasteiger partial charge in [-0.05, 0) is 35.9 Å². The Morgan fingerprint density at radius 3 is 2.65 bits per heavy atom. The molecular weight excluding hydrogens is 490 g/mol. The molecule has 0 amide bonds. The number of sulfonamides is 1. The quantitative estimate of drug-likeness (QED) is 0.378. The topological polar surface area (TPSA) is 115 Å². The van der Waals surface area contributed by atoms with Gasteiger partial charge in [-0.25, -0.2) is 13.4 Å². The van der Waals surface area contributed by atoms with Crippen molar-refractivity contribution in [3.63, 3.8) is 0 Å². The highest BCUT2D eigenvalue weighted by molar-refractivity contribution is 7.92. The van der Waals surface area contributed by atoms with Crippen LogP contribution in [0.4, 0.5) is 11.4 Å². The van der Waals surface area contributed by atoms with Gasteiger partial charge in [-0.1, -0.05) is 6.07 Å². The second-order valence-corrected chi connectivity index (χ2v) is 10.5. The summed E-state index contributed by atoms with van der Waals surface area (Å²) in [4.78, 5) is 15.7. The lowest BCUT2D eigenvalue weighted by molar-refractivity contribution is 0.310. The minimum Gasteiger partial charge on any atom is -0.490 e. The van der Waals surface area contributed by atoms with E-state index < -0.39 is 10.0 Å². The maximum Gasteiger partial charge on any atom is 0.262 e. The van der Waals surface area contributed by atoms with Crippen LogP contribution in [0.3, 0.4) is 0 Å². The predicted octanol–water partition coefficient (Wildman–Crippen LogP) is 3.72. The zero-order valence-corrected chi connectivity index (χ0v) is 21.0. The molecule has 4 heterocycles. The second-order valence-electron chi connectivity index (χ2n) is 8.83. The van der Waals surface area contributed by atoms with Gasteiger partial charge in [-0.3, -0.25) is 19.4 Å². The highest BCUT2D eigenvalue weighted by Crippen LogP contribution is 2.33. The molecule has 0 atom stereocenters. The molecule has 0 spiro atoms. The molecule has 0 unspecified atom stereocenters. The fraction of sp³-hybridized carbons (Fsp3) is 0.154. The molecule has 1 aliphatic rings. The first-order valence-electron chi connectivity index (χ1n) is 11.6. The summed E-state index contributed by atoms with van der Waals surface area (Å²) in [7, 11) is -0.0540. The molecule has 0 saturated heterocycles. The van der Waals surface area contributed by atoms with Crippen LogP contribution in [0.2, 0.25) is 0 Å². The summed E-state index contributed by atoms with van der Waals surface area (Å²) >= 11 is 0. The van der Waals surface area contributed by atoms with Gasteiger partial charge in [0.15, 0.2) is 0 Å². The van der Waals surface area contributed by atoms with Crippen LogP contribution in [0, 0.1) is 0 Å². The number of rotatable bonds is 5. The average molecular weight is 514 g/mol. The van der Waals surface area contributed by atoms with Crippen LogP contribution in [0.25, 0.3) is 33.4 Å². The van der Waals surface area contributed by atoms with E-state index in [1.807, 2.05) is 43.4 Å². The Morgan fingerprint density at radius 2 is 1.81 bits per heavy atom. The first kappa shape index (κ1) is 22.9. The van der Waals surface area contributed by atoms with Crippen molar-refractivity contribution in [2.24, 2.45) is 7.05 Å². The number of fused-ring (bicyclic) bond motifs is 2. The van der Waals surface area contributed by atoms with E-state index in [1.165, 1.54) is 6.20 Å². The van der Waals surface area contributed by atoms with Crippen LogP contribution in [0.5, 0.6) is 5.75 Å². The summed E-state index contributed by atoms with van der Waals surface area (Å²) in [6.45, 7) is 1.26. The summed E-state index contributed by atoms with van der Waals surface area (Å²) in [5, 5.41) is 4.20. The number of ether oxygens (including phenoxy) is 1. The first-order chi connectivity index (χ1) is 17.9. The molecule has 11 heteroatoms. The van der Waals surface area contributed by atoms with Crippen LogP contribution in [-0.4, -0.2) is 53.3 Å². The van der Waals surface area contributed by atoms with E-state index in [4.69, 9.17) is 9.72 Å². The third kappa shape index (κ3) is 4.45. The Labute approximate surface area is 213 Å². The lowest BCUT2D eigenvalue weighted by Gasteiger charge is -2.27. The Morgan fingerprint density at radius 1 is 0.919 bits per heavy atom. The van der Waals surface area contributed by atoms with Crippen molar-refractivity contribution >= 4 is 32.4 Å². The molecular formula is C26H23N7O3S. The molecule has 0 fully saturated rings. The summed E-state index contributed by atoms with van der Waals surface area (Å²) < 4.78 is 36.3. The van der Waals surface area contributed by atoms with Crippen LogP contribution in [0.15, 0.2) is 78.3 Å². The number of nitrogens with zero attached hydrogens (tertiary/aromatic N) is 6. The van der Waals surface area contributed by atoms with Crippen LogP contribution < -0.4 is 14.4 Å². The smallest absolute Gasteiger partial charge is 0.262 e. The lowest BCUT2D eigenvalue weighted by atomic mass is 10.1. The van der Waals surface area contributed by atoms with Crippen molar-refractivity contribution in [3.8, 4) is 28.1 Å². The molecule has 0 saturated carbocycles. The number of aromatic nitrogens is 5. The fourth-order valence-electron chi connectivity index (χ4n) is 4.26. The van der Waals surface area contributed by atoms with E-state index in [2.05, 4.69) is 19.8 Å². The number of hydrogen-bond acceptors (Lipinski definition) is 8. The number of nitrogens with one attached hydrogen (secondary N) is 1. The van der Waals surface area contributed by atoms with E-state index in [-0.39, 0.29) is 4.90 Å². The Bertz CT molecular complexity index is 1750. The first-order valence-corrected chi connectivity index (χ1v) is 13.1. The highest BCUT2D eigenvalue weighted by atomic mass is 32.2. The van der Waals surface area contributed by atoms with Crippen LogP contribution in [-0.2, 0) is 17.1 Å². The number of hydrogen-bond donors (Lipinski definition) is 1. The molecule has 5 aromatic rings. The minimum atomic E-state index is -3.85. The van der Waals surface area contributed by atoms with Gasteiger partial charge in [0.1, 0.15) is 12.4 Å². The Balaban J connectivity index is 1.29. The number of benzene rings is 2. The maximum absolute atomic E-state index is 13.1. The van der Waals surface area contributed by atoms with Crippen molar-refractivity contribution in [1.82, 2.24) is 24.7 Å². The van der Waals surface area contributed by atoms with Gasteiger partial charge in [0.25, 0.3) is 10.0 Å². The molecule has 3 aromatic heterocycles. The zero-order chi connectivity index (χ0) is 25.6. The molecule has 10 nitrogen and oxygen atoms in total. The maximum atomic E-state index is 13.1. The standard InChI is InChI=1S/C26H23N7O3S/c1-32-7-8-36-26-11-21(4-6-25(26)32)37(34,35)31-20-9-18(12-27-14-20)17-3-5-22-23(10-17)30-24(15-28-22)19-13-29-33(2)16-19/h3-6,9-16,31H,7-8H2,1-2H3. The fourth-order valence-corrected chi connectivity index (χ4v) is 5.31. The van der Waals surface area contributed by atoms with Crippen molar-refractivity contribution < 1.29 is 13.2 Å². The van der Waals surface area contributed by atoms with Crippen LogP contribution >= 0.6 is 0 Å². The molecule has 0 radical (unpaired) electrons. The van der Waals surface area contributed by atoms with Crippen molar-refractivity contribution in [2.45, 2.75) is 4.90 Å². The van der Waals surface area contributed by atoms with Gasteiger partial charge in [0.2, 0.25) is 0 Å². The van der Waals surface area contributed by atoms with E-state index >= 15 is 0 Å². The number of pyridine rings is 1. The van der Waals surface area contributed by atoms with Crippen molar-refractivity contribution in [1.29, 1.82) is 0 Å². The van der Waals surface area contributed by atoms with E-state index in [9.17, 15) is 8.42 Å². The predicted molar refractivity (Wildman–Crippen MR) is 141 cm³/mol. The van der Waals surface area contributed by atoms with Gasteiger partial charge in [-0.2, -0.15) is 5.10 Å². The van der Waals surface area contributed by atoms with Gasteiger partial charge >= 0.3 is 0 Å².